The molecule has 0 N–H and O–H groups in total. The van der Waals surface area contributed by atoms with Gasteiger partial charge in [0.2, 0.25) is 0 Å². The number of ketones is 1. The van der Waals surface area contributed by atoms with Gasteiger partial charge in [0, 0.05) is 0 Å². The molecule has 0 aliphatic heterocycles. The van der Waals surface area contributed by atoms with Crippen LogP contribution in [0.3, 0.4) is 0 Å². The minimum absolute atomic E-state index is 0.167. The summed E-state index contributed by atoms with van der Waals surface area (Å²) in [5.74, 6) is 0.167. The Bertz CT molecular complexity index is 137. The lowest BCUT2D eigenvalue weighted by atomic mass is 10.6. The first-order valence-corrected chi connectivity index (χ1v) is 3.00. The van der Waals surface area contributed by atoms with Crippen LogP contribution in [-0.2, 0) is 14.4 Å². The van der Waals surface area contributed by atoms with Crippen molar-refractivity contribution in [3.63, 3.8) is 0 Å². The third-order valence-electron chi connectivity index (χ3n) is 0.155. The summed E-state index contributed by atoms with van der Waals surface area (Å²) in [5, 5.41) is -2.28. The number of carbonyl (C=O) groups is 3. The van der Waals surface area contributed by atoms with Crippen molar-refractivity contribution >= 4 is 39.5 Å². The number of halogens is 2. The van der Waals surface area contributed by atoms with Crippen LogP contribution >= 0.6 is 23.2 Å². The summed E-state index contributed by atoms with van der Waals surface area (Å²) in [6.07, 6.45) is 0. The average molecular weight is 185 g/mol. The summed E-state index contributed by atoms with van der Waals surface area (Å²) in [7, 11) is 0. The molecule has 0 fully saturated rings. The van der Waals surface area contributed by atoms with Gasteiger partial charge in [-0.15, -0.1) is 0 Å². The van der Waals surface area contributed by atoms with Crippen LogP contribution in [0.1, 0.15) is 13.8 Å². The van der Waals surface area contributed by atoms with E-state index < -0.39 is 10.5 Å². The van der Waals surface area contributed by atoms with Crippen molar-refractivity contribution in [3.05, 3.63) is 0 Å². The Balaban J connectivity index is 0. The highest BCUT2D eigenvalue weighted by atomic mass is 35.5. The van der Waals surface area contributed by atoms with E-state index in [0.717, 1.165) is 0 Å². The van der Waals surface area contributed by atoms with Crippen LogP contribution in [0.15, 0.2) is 0 Å². The number of rotatable bonds is 1. The fourth-order valence-corrected chi connectivity index (χ4v) is 0. The number of hydrogen-bond donors (Lipinski definition) is 0. The first-order valence-electron chi connectivity index (χ1n) is 2.24. The second kappa shape index (κ2) is 6.71. The third-order valence-corrected chi connectivity index (χ3v) is 0.595. The lowest BCUT2D eigenvalue weighted by molar-refractivity contribution is -0.127. The van der Waals surface area contributed by atoms with Crippen molar-refractivity contribution < 1.29 is 14.4 Å². The van der Waals surface area contributed by atoms with Gasteiger partial charge in [-0.05, 0) is 37.0 Å². The molecule has 0 aromatic heterocycles. The first kappa shape index (κ1) is 12.3. The van der Waals surface area contributed by atoms with Crippen LogP contribution in [0.2, 0.25) is 0 Å². The highest BCUT2D eigenvalue weighted by molar-refractivity contribution is 6.97. The monoisotopic (exact) mass is 184 g/mol. The molecule has 0 aliphatic rings. The SMILES string of the molecule is CC(C)=O.O=C(Cl)C(=O)Cl. The van der Waals surface area contributed by atoms with Crippen molar-refractivity contribution in [3.8, 4) is 0 Å². The normalized spacial score (nSPS) is 7.20. The summed E-state index contributed by atoms with van der Waals surface area (Å²) >= 11 is 8.98. The van der Waals surface area contributed by atoms with Crippen molar-refractivity contribution in [2.45, 2.75) is 13.8 Å². The quantitative estimate of drug-likeness (QED) is 0.454. The van der Waals surface area contributed by atoms with E-state index in [0.29, 0.717) is 0 Å². The van der Waals surface area contributed by atoms with Crippen molar-refractivity contribution in [2.24, 2.45) is 0 Å². The van der Waals surface area contributed by atoms with E-state index in [1.165, 1.54) is 13.8 Å². The second-order valence-electron chi connectivity index (χ2n) is 1.46. The molecule has 0 rings (SSSR count). The van der Waals surface area contributed by atoms with Crippen LogP contribution in [-0.4, -0.2) is 16.3 Å². The smallest absolute Gasteiger partial charge is 0.300 e. The lowest BCUT2D eigenvalue weighted by Gasteiger charge is -1.67. The molecule has 0 atom stereocenters. The highest BCUT2D eigenvalue weighted by Crippen LogP contribution is 1.84. The molecule has 0 aliphatic carbocycles. The maximum Gasteiger partial charge on any atom is 0.304 e. The van der Waals surface area contributed by atoms with E-state index in [-0.39, 0.29) is 5.78 Å². The Hall–Kier alpha value is -0.410. The molecule has 0 aromatic carbocycles. The van der Waals surface area contributed by atoms with Gasteiger partial charge in [-0.25, -0.2) is 0 Å². The number of hydrogen-bond acceptors (Lipinski definition) is 3. The zero-order valence-corrected chi connectivity index (χ0v) is 6.99. The summed E-state index contributed by atoms with van der Waals surface area (Å²) in [6, 6.07) is 0. The van der Waals surface area contributed by atoms with E-state index in [9.17, 15) is 14.4 Å². The molecule has 0 spiro atoms. The lowest BCUT2D eigenvalue weighted by Crippen LogP contribution is -1.94. The van der Waals surface area contributed by atoms with Crippen LogP contribution in [0, 0.1) is 0 Å². The maximum absolute atomic E-state index is 9.44. The minimum Gasteiger partial charge on any atom is -0.300 e. The molecule has 10 heavy (non-hydrogen) atoms. The second-order valence-corrected chi connectivity index (χ2v) is 2.14. The Kier molecular flexibility index (Phi) is 8.24. The summed E-state index contributed by atoms with van der Waals surface area (Å²) < 4.78 is 0. The van der Waals surface area contributed by atoms with Crippen molar-refractivity contribution in [2.75, 3.05) is 0 Å². The summed E-state index contributed by atoms with van der Waals surface area (Å²) in [5.41, 5.74) is 0. The predicted molar refractivity (Wildman–Crippen MR) is 38.1 cm³/mol. The zero-order valence-electron chi connectivity index (χ0n) is 5.48. The highest BCUT2D eigenvalue weighted by Gasteiger charge is 2.01. The van der Waals surface area contributed by atoms with Crippen molar-refractivity contribution in [1.82, 2.24) is 0 Å². The molecule has 0 aromatic rings. The molecule has 0 heterocycles. The summed E-state index contributed by atoms with van der Waals surface area (Å²) in [6.45, 7) is 3.06. The molecule has 3 nitrogen and oxygen atoms in total. The van der Waals surface area contributed by atoms with Crippen LogP contribution in [0.4, 0.5) is 0 Å². The van der Waals surface area contributed by atoms with E-state index >= 15 is 0 Å². The molecule has 5 heteroatoms. The van der Waals surface area contributed by atoms with Gasteiger partial charge in [0.15, 0.2) is 0 Å². The molecule has 0 amide bonds. The molecule has 0 bridgehead atoms. The van der Waals surface area contributed by atoms with Crippen LogP contribution < -0.4 is 0 Å². The largest absolute Gasteiger partial charge is 0.304 e. The van der Waals surface area contributed by atoms with Gasteiger partial charge in [0.25, 0.3) is 0 Å². The standard InChI is InChI=1S/C3H6O.C2Cl2O2/c1-3(2)4;3-1(5)2(4)6/h1-2H3;. The van der Waals surface area contributed by atoms with Crippen molar-refractivity contribution in [1.29, 1.82) is 0 Å². The summed E-state index contributed by atoms with van der Waals surface area (Å²) in [4.78, 5) is 28.3. The van der Waals surface area contributed by atoms with E-state index in [4.69, 9.17) is 0 Å². The van der Waals surface area contributed by atoms with Gasteiger partial charge in [-0.3, -0.25) is 9.59 Å². The fraction of sp³-hybridized carbons (Fsp3) is 0.400. The third kappa shape index (κ3) is 25.6. The first-order chi connectivity index (χ1) is 4.37. The van der Waals surface area contributed by atoms with Gasteiger partial charge in [-0.2, -0.15) is 0 Å². The number of carbonyl (C=O) groups excluding carboxylic acids is 3. The predicted octanol–water partition coefficient (Wildman–Crippen LogP) is 1.11. The molecular formula is C5H6Cl2O3. The molecule has 0 radical (unpaired) electrons. The number of Topliss-reactive ketones (excluding diaryl/α,β-unsaturated/α-hetero) is 1. The van der Waals surface area contributed by atoms with Gasteiger partial charge >= 0.3 is 10.5 Å². The minimum atomic E-state index is -1.14. The molecule has 0 unspecified atom stereocenters. The van der Waals surface area contributed by atoms with Gasteiger partial charge < -0.3 is 4.79 Å². The zero-order chi connectivity index (χ0) is 8.73. The Labute approximate surface area is 68.3 Å². The van der Waals surface area contributed by atoms with Gasteiger partial charge in [0.05, 0.1) is 0 Å². The topological polar surface area (TPSA) is 51.2 Å². The maximum atomic E-state index is 9.44. The molecule has 0 saturated carbocycles. The molecule has 58 valence electrons. The van der Waals surface area contributed by atoms with Crippen LogP contribution in [0.5, 0.6) is 0 Å². The Morgan fingerprint density at radius 1 is 0.900 bits per heavy atom. The van der Waals surface area contributed by atoms with E-state index in [2.05, 4.69) is 23.2 Å². The molecule has 0 saturated heterocycles. The molecular weight excluding hydrogens is 179 g/mol. The Morgan fingerprint density at radius 2 is 1.00 bits per heavy atom. The van der Waals surface area contributed by atoms with Crippen LogP contribution in [0.25, 0.3) is 0 Å². The Morgan fingerprint density at radius 3 is 1.00 bits per heavy atom. The van der Waals surface area contributed by atoms with E-state index in [1.54, 1.807) is 0 Å². The van der Waals surface area contributed by atoms with E-state index in [1.807, 2.05) is 0 Å². The average Bonchev–Trinajstić information content (AvgIpc) is 1.63. The fourth-order valence-electron chi connectivity index (χ4n) is 0. The van der Waals surface area contributed by atoms with Gasteiger partial charge in [0.1, 0.15) is 5.78 Å². The van der Waals surface area contributed by atoms with Gasteiger partial charge in [-0.1, -0.05) is 0 Å².